The van der Waals surface area contributed by atoms with Gasteiger partial charge >= 0.3 is 0 Å². The van der Waals surface area contributed by atoms with Crippen LogP contribution in [0.2, 0.25) is 0 Å². The fraction of sp³-hybridized carbons (Fsp3) is 0.312. The molecule has 2 rings (SSSR count). The number of likely N-dealkylation sites (N-methyl/N-ethyl adjacent to an activating group) is 1. The third-order valence-corrected chi connectivity index (χ3v) is 3.43. The lowest BCUT2D eigenvalue weighted by molar-refractivity contribution is 0.310. The second-order valence-electron chi connectivity index (χ2n) is 5.07. The van der Waals surface area contributed by atoms with Crippen LogP contribution in [-0.2, 0) is 0 Å². The van der Waals surface area contributed by atoms with Crippen LogP contribution in [0.4, 0.5) is 11.5 Å². The smallest absolute Gasteiger partial charge is 0.146 e. The Kier molecular flexibility index (Phi) is 5.00. The largest absolute Gasteiger partial charge is 0.497 e. The Labute approximate surface area is 125 Å². The van der Waals surface area contributed by atoms with Crippen LogP contribution in [0.15, 0.2) is 42.6 Å². The molecule has 0 fully saturated rings. The number of anilines is 2. The molecular formula is C16H22N4O. The second kappa shape index (κ2) is 6.95. The van der Waals surface area contributed by atoms with Crippen molar-refractivity contribution < 1.29 is 4.74 Å². The second-order valence-corrected chi connectivity index (χ2v) is 5.07. The van der Waals surface area contributed by atoms with Crippen molar-refractivity contribution in [1.29, 1.82) is 0 Å². The predicted octanol–water partition coefficient (Wildman–Crippen LogP) is 2.39. The van der Waals surface area contributed by atoms with Gasteiger partial charge in [0.25, 0.3) is 0 Å². The Balaban J connectivity index is 2.14. The third kappa shape index (κ3) is 3.86. The van der Waals surface area contributed by atoms with E-state index in [0.29, 0.717) is 5.82 Å². The highest BCUT2D eigenvalue weighted by Gasteiger charge is 2.15. The number of hydrogen-bond acceptors (Lipinski definition) is 5. The summed E-state index contributed by atoms with van der Waals surface area (Å²) < 4.78 is 5.30. The zero-order valence-corrected chi connectivity index (χ0v) is 12.7. The maximum absolute atomic E-state index is 5.86. The highest BCUT2D eigenvalue weighted by atomic mass is 16.5. The van der Waals surface area contributed by atoms with Crippen molar-refractivity contribution in [3.05, 3.63) is 48.2 Å². The van der Waals surface area contributed by atoms with E-state index >= 15 is 0 Å². The Bertz CT molecular complexity index is 586. The summed E-state index contributed by atoms with van der Waals surface area (Å²) in [6, 6.07) is 12.1. The topological polar surface area (TPSA) is 63.4 Å². The van der Waals surface area contributed by atoms with Gasteiger partial charge in [-0.25, -0.2) is 4.98 Å². The fourth-order valence-corrected chi connectivity index (χ4v) is 2.22. The summed E-state index contributed by atoms with van der Waals surface area (Å²) in [6.07, 6.45) is 1.69. The molecule has 0 radical (unpaired) electrons. The maximum atomic E-state index is 5.86. The molecule has 0 aliphatic rings. The van der Waals surface area contributed by atoms with Crippen LogP contribution >= 0.6 is 0 Å². The van der Waals surface area contributed by atoms with Gasteiger partial charge < -0.3 is 20.7 Å². The van der Waals surface area contributed by atoms with Gasteiger partial charge in [-0.1, -0.05) is 12.1 Å². The highest BCUT2D eigenvalue weighted by molar-refractivity contribution is 5.61. The van der Waals surface area contributed by atoms with Gasteiger partial charge in [0, 0.05) is 12.7 Å². The van der Waals surface area contributed by atoms with E-state index in [1.807, 2.05) is 24.3 Å². The van der Waals surface area contributed by atoms with Crippen molar-refractivity contribution in [2.45, 2.75) is 6.04 Å². The fourth-order valence-electron chi connectivity index (χ4n) is 2.22. The van der Waals surface area contributed by atoms with Crippen molar-refractivity contribution in [3.8, 4) is 5.75 Å². The minimum atomic E-state index is 0.208. The lowest BCUT2D eigenvalue weighted by atomic mass is 10.1. The van der Waals surface area contributed by atoms with Crippen molar-refractivity contribution >= 4 is 11.5 Å². The number of pyridine rings is 1. The van der Waals surface area contributed by atoms with E-state index in [0.717, 1.165) is 18.0 Å². The molecule has 1 atom stereocenters. The number of ether oxygens (including phenoxy) is 1. The van der Waals surface area contributed by atoms with E-state index in [1.165, 1.54) is 5.56 Å². The Hall–Kier alpha value is -2.27. The van der Waals surface area contributed by atoms with E-state index in [-0.39, 0.29) is 6.04 Å². The van der Waals surface area contributed by atoms with Crippen molar-refractivity contribution in [1.82, 2.24) is 9.88 Å². The number of nitrogen functional groups attached to an aromatic ring is 1. The summed E-state index contributed by atoms with van der Waals surface area (Å²) in [4.78, 5) is 6.24. The molecule has 0 saturated heterocycles. The third-order valence-electron chi connectivity index (χ3n) is 3.43. The van der Waals surface area contributed by atoms with Gasteiger partial charge in [-0.05, 0) is 43.9 Å². The summed E-state index contributed by atoms with van der Waals surface area (Å²) in [5, 5.41) is 3.36. The first-order valence-electron chi connectivity index (χ1n) is 6.86. The van der Waals surface area contributed by atoms with Gasteiger partial charge in [-0.15, -0.1) is 0 Å². The van der Waals surface area contributed by atoms with Gasteiger partial charge in [-0.3, -0.25) is 0 Å². The molecule has 0 aliphatic heterocycles. The molecule has 2 aromatic rings. The van der Waals surface area contributed by atoms with Crippen molar-refractivity contribution in [2.75, 3.05) is 38.8 Å². The molecule has 0 amide bonds. The van der Waals surface area contributed by atoms with Gasteiger partial charge in [0.15, 0.2) is 0 Å². The number of hydrogen-bond donors (Lipinski definition) is 2. The molecule has 112 valence electrons. The van der Waals surface area contributed by atoms with E-state index in [4.69, 9.17) is 10.5 Å². The number of methoxy groups -OCH3 is 1. The molecule has 1 aromatic heterocycles. The molecule has 5 heteroatoms. The van der Waals surface area contributed by atoms with Crippen molar-refractivity contribution in [3.63, 3.8) is 0 Å². The van der Waals surface area contributed by atoms with E-state index in [9.17, 15) is 0 Å². The van der Waals surface area contributed by atoms with Gasteiger partial charge in [0.2, 0.25) is 0 Å². The van der Waals surface area contributed by atoms with E-state index < -0.39 is 0 Å². The molecular weight excluding hydrogens is 264 g/mol. The predicted molar refractivity (Wildman–Crippen MR) is 86.6 cm³/mol. The molecule has 5 nitrogen and oxygen atoms in total. The summed E-state index contributed by atoms with van der Waals surface area (Å²) in [5.41, 5.74) is 7.90. The number of benzene rings is 1. The van der Waals surface area contributed by atoms with Crippen LogP contribution in [0.3, 0.4) is 0 Å². The average molecular weight is 286 g/mol. The lowest BCUT2D eigenvalue weighted by Crippen LogP contribution is -2.27. The quantitative estimate of drug-likeness (QED) is 0.853. The zero-order chi connectivity index (χ0) is 15.2. The van der Waals surface area contributed by atoms with E-state index in [2.05, 4.69) is 41.4 Å². The standard InChI is InChI=1S/C16H22N4O/c1-20(2)15(12-6-4-7-13(10-12)21-3)11-19-14-8-5-9-18-16(14)17/h4-10,15,19H,11H2,1-3H3,(H2,17,18). The first-order valence-corrected chi connectivity index (χ1v) is 6.86. The lowest BCUT2D eigenvalue weighted by Gasteiger charge is -2.26. The molecule has 1 unspecified atom stereocenters. The maximum Gasteiger partial charge on any atom is 0.146 e. The highest BCUT2D eigenvalue weighted by Crippen LogP contribution is 2.24. The average Bonchev–Trinajstić information content (AvgIpc) is 2.49. The summed E-state index contributed by atoms with van der Waals surface area (Å²) in [6.45, 7) is 0.732. The van der Waals surface area contributed by atoms with Crippen LogP contribution < -0.4 is 15.8 Å². The summed E-state index contributed by atoms with van der Waals surface area (Å²) >= 11 is 0. The molecule has 21 heavy (non-hydrogen) atoms. The molecule has 0 spiro atoms. The SMILES string of the molecule is COc1cccc(C(CNc2cccnc2N)N(C)C)c1. The monoisotopic (exact) mass is 286 g/mol. The minimum Gasteiger partial charge on any atom is -0.497 e. The molecule has 3 N–H and O–H groups in total. The van der Waals surface area contributed by atoms with Crippen LogP contribution in [0.25, 0.3) is 0 Å². The number of nitrogens with zero attached hydrogens (tertiary/aromatic N) is 2. The normalized spacial score (nSPS) is 12.2. The van der Waals surface area contributed by atoms with E-state index in [1.54, 1.807) is 13.3 Å². The summed E-state index contributed by atoms with van der Waals surface area (Å²) in [7, 11) is 5.79. The van der Waals surface area contributed by atoms with Gasteiger partial charge in [0.1, 0.15) is 11.6 Å². The Morgan fingerprint density at radius 2 is 2.10 bits per heavy atom. The zero-order valence-electron chi connectivity index (χ0n) is 12.7. The van der Waals surface area contributed by atoms with Crippen molar-refractivity contribution in [2.24, 2.45) is 0 Å². The molecule has 0 saturated carbocycles. The number of rotatable bonds is 6. The Morgan fingerprint density at radius 1 is 1.29 bits per heavy atom. The number of aromatic nitrogens is 1. The number of nitrogens with two attached hydrogens (primary N) is 1. The minimum absolute atomic E-state index is 0.208. The van der Waals surface area contributed by atoms with Crippen LogP contribution in [0.1, 0.15) is 11.6 Å². The first kappa shape index (κ1) is 15.1. The molecule has 1 aromatic carbocycles. The van der Waals surface area contributed by atoms with Crippen LogP contribution in [0, 0.1) is 0 Å². The first-order chi connectivity index (χ1) is 10.1. The Morgan fingerprint density at radius 3 is 2.76 bits per heavy atom. The molecule has 0 bridgehead atoms. The van der Waals surface area contributed by atoms with Crippen LogP contribution in [-0.4, -0.2) is 37.6 Å². The van der Waals surface area contributed by atoms with Gasteiger partial charge in [-0.2, -0.15) is 0 Å². The number of nitrogens with one attached hydrogen (secondary N) is 1. The molecule has 0 aliphatic carbocycles. The summed E-state index contributed by atoms with van der Waals surface area (Å²) in [5.74, 6) is 1.38. The van der Waals surface area contributed by atoms with Crippen LogP contribution in [0.5, 0.6) is 5.75 Å². The van der Waals surface area contributed by atoms with Gasteiger partial charge in [0.05, 0.1) is 18.8 Å². The molecule has 1 heterocycles.